The highest BCUT2D eigenvalue weighted by atomic mass is 16.3. The van der Waals surface area contributed by atoms with Crippen molar-refractivity contribution in [3.8, 4) is 16.8 Å². The lowest BCUT2D eigenvalue weighted by molar-refractivity contribution is 0.666. The molecule has 0 unspecified atom stereocenters. The van der Waals surface area contributed by atoms with E-state index in [2.05, 4.69) is 131 Å². The second-order valence-corrected chi connectivity index (χ2v) is 12.2. The molecule has 4 heteroatoms. The summed E-state index contributed by atoms with van der Waals surface area (Å²) in [6.07, 6.45) is 1.90. The zero-order valence-corrected chi connectivity index (χ0v) is 26.6. The number of hydrogen-bond donors (Lipinski definition) is 2. The second-order valence-electron chi connectivity index (χ2n) is 12.2. The number of anilines is 1. The molecular formula is C45H31N3O. The van der Waals surface area contributed by atoms with Gasteiger partial charge in [0, 0.05) is 32.9 Å². The van der Waals surface area contributed by atoms with Gasteiger partial charge in [0.2, 0.25) is 0 Å². The van der Waals surface area contributed by atoms with Gasteiger partial charge in [-0.3, -0.25) is 0 Å². The minimum Gasteiger partial charge on any atom is -0.454 e. The van der Waals surface area contributed by atoms with Crippen molar-refractivity contribution in [2.75, 3.05) is 5.32 Å². The van der Waals surface area contributed by atoms with Crippen molar-refractivity contribution in [3.05, 3.63) is 187 Å². The SMILES string of the molecule is N=C(/C=C(\Nc1cccc(-c2cccc3oc4c(-n5c6ccccc6c6ccccc65)cccc4c23)c1)c1ccccc1)c1ccccc1. The molecule has 0 aliphatic rings. The first kappa shape index (κ1) is 28.6. The molecule has 2 aromatic heterocycles. The second kappa shape index (κ2) is 11.9. The number of fused-ring (bicyclic) bond motifs is 6. The van der Waals surface area contributed by atoms with Gasteiger partial charge in [-0.2, -0.15) is 0 Å². The Morgan fingerprint density at radius 2 is 1.18 bits per heavy atom. The first-order valence-corrected chi connectivity index (χ1v) is 16.4. The first-order chi connectivity index (χ1) is 24.2. The monoisotopic (exact) mass is 629 g/mol. The number of para-hydroxylation sites is 3. The lowest BCUT2D eigenvalue weighted by Crippen LogP contribution is -2.03. The highest BCUT2D eigenvalue weighted by Crippen LogP contribution is 2.41. The molecular weight excluding hydrogens is 599 g/mol. The summed E-state index contributed by atoms with van der Waals surface area (Å²) in [5.74, 6) is 0. The van der Waals surface area contributed by atoms with E-state index in [0.717, 1.165) is 72.3 Å². The van der Waals surface area contributed by atoms with Crippen molar-refractivity contribution in [2.45, 2.75) is 0 Å². The number of aromatic nitrogens is 1. The fourth-order valence-electron chi connectivity index (χ4n) is 7.01. The number of nitrogens with zero attached hydrogens (tertiary/aromatic N) is 1. The third-order valence-corrected chi connectivity index (χ3v) is 9.23. The van der Waals surface area contributed by atoms with E-state index in [4.69, 9.17) is 9.83 Å². The van der Waals surface area contributed by atoms with Crippen molar-refractivity contribution in [1.82, 2.24) is 4.57 Å². The molecule has 0 atom stereocenters. The van der Waals surface area contributed by atoms with Crippen molar-refractivity contribution in [3.63, 3.8) is 0 Å². The molecule has 9 rings (SSSR count). The van der Waals surface area contributed by atoms with Gasteiger partial charge in [0.15, 0.2) is 5.58 Å². The van der Waals surface area contributed by atoms with Gasteiger partial charge in [0.05, 0.1) is 22.4 Å². The van der Waals surface area contributed by atoms with Gasteiger partial charge in [-0.05, 0) is 64.7 Å². The molecule has 4 nitrogen and oxygen atoms in total. The van der Waals surface area contributed by atoms with E-state index < -0.39 is 0 Å². The van der Waals surface area contributed by atoms with Crippen LogP contribution in [0, 0.1) is 5.41 Å². The van der Waals surface area contributed by atoms with Crippen LogP contribution >= 0.6 is 0 Å². The summed E-state index contributed by atoms with van der Waals surface area (Å²) >= 11 is 0. The number of allylic oxidation sites excluding steroid dienone is 1. The van der Waals surface area contributed by atoms with E-state index in [9.17, 15) is 0 Å². The quantitative estimate of drug-likeness (QED) is 0.172. The Morgan fingerprint density at radius 1 is 0.571 bits per heavy atom. The van der Waals surface area contributed by atoms with Crippen LogP contribution in [0.15, 0.2) is 180 Å². The van der Waals surface area contributed by atoms with Crippen LogP contribution in [0.3, 0.4) is 0 Å². The molecule has 9 aromatic rings. The van der Waals surface area contributed by atoms with Crippen LogP contribution in [0.25, 0.3) is 66.3 Å². The molecule has 0 spiro atoms. The van der Waals surface area contributed by atoms with E-state index in [1.165, 1.54) is 10.8 Å². The number of hydrogen-bond acceptors (Lipinski definition) is 3. The average molecular weight is 630 g/mol. The normalized spacial score (nSPS) is 11.9. The Bertz CT molecular complexity index is 2650. The van der Waals surface area contributed by atoms with Crippen LogP contribution in [-0.2, 0) is 0 Å². The Morgan fingerprint density at radius 3 is 1.92 bits per heavy atom. The number of nitrogens with one attached hydrogen (secondary N) is 2. The Hall–Kier alpha value is -6.65. The molecule has 0 radical (unpaired) electrons. The lowest BCUT2D eigenvalue weighted by Gasteiger charge is -2.14. The molecule has 0 fully saturated rings. The van der Waals surface area contributed by atoms with Gasteiger partial charge in [-0.1, -0.05) is 133 Å². The fourth-order valence-corrected chi connectivity index (χ4v) is 7.01. The molecule has 0 amide bonds. The van der Waals surface area contributed by atoms with Gasteiger partial charge < -0.3 is 19.7 Å². The average Bonchev–Trinajstić information content (AvgIpc) is 3.72. The number of rotatable bonds is 7. The topological polar surface area (TPSA) is 54.0 Å². The molecule has 49 heavy (non-hydrogen) atoms. The van der Waals surface area contributed by atoms with Gasteiger partial charge >= 0.3 is 0 Å². The molecule has 0 saturated carbocycles. The summed E-state index contributed by atoms with van der Waals surface area (Å²) < 4.78 is 9.06. The highest BCUT2D eigenvalue weighted by molar-refractivity contribution is 6.16. The summed E-state index contributed by atoms with van der Waals surface area (Å²) in [7, 11) is 0. The van der Waals surface area contributed by atoms with Crippen molar-refractivity contribution in [2.24, 2.45) is 0 Å². The summed E-state index contributed by atoms with van der Waals surface area (Å²) in [5, 5.41) is 17.1. The summed E-state index contributed by atoms with van der Waals surface area (Å²) in [4.78, 5) is 0. The minimum atomic E-state index is 0.441. The predicted octanol–water partition coefficient (Wildman–Crippen LogP) is 11.9. The Labute approximate surface area is 283 Å². The highest BCUT2D eigenvalue weighted by Gasteiger charge is 2.19. The fraction of sp³-hybridized carbons (Fsp3) is 0. The standard InChI is InChI=1S/C45H31N3O/c46-38(30-14-3-1-4-15-30)29-39(31-16-5-2-6-17-31)47-33-19-11-18-32(28-33)34-22-13-27-43-44(34)37-23-12-26-42(45(37)49-43)48-40-24-9-7-20-35(40)36-21-8-10-25-41(36)48/h1-29,46-47H/b39-29-,46-38?. The van der Waals surface area contributed by atoms with Gasteiger partial charge in [-0.15, -0.1) is 0 Å². The molecule has 0 bridgehead atoms. The Balaban J connectivity index is 1.16. The Kier molecular flexibility index (Phi) is 6.91. The maximum atomic E-state index is 8.83. The van der Waals surface area contributed by atoms with Gasteiger partial charge in [-0.25, -0.2) is 0 Å². The zero-order chi connectivity index (χ0) is 32.7. The summed E-state index contributed by atoms with van der Waals surface area (Å²) in [5.41, 5.74) is 11.3. The molecule has 232 valence electrons. The minimum absolute atomic E-state index is 0.441. The molecule has 0 aliphatic heterocycles. The lowest BCUT2D eigenvalue weighted by atomic mass is 9.98. The van der Waals surface area contributed by atoms with Crippen LogP contribution in [-0.4, -0.2) is 10.3 Å². The number of furan rings is 1. The first-order valence-electron chi connectivity index (χ1n) is 16.4. The third-order valence-electron chi connectivity index (χ3n) is 9.23. The third kappa shape index (κ3) is 4.98. The maximum absolute atomic E-state index is 8.83. The van der Waals surface area contributed by atoms with Crippen LogP contribution in [0.4, 0.5) is 5.69 Å². The van der Waals surface area contributed by atoms with E-state index in [1.807, 2.05) is 54.6 Å². The summed E-state index contributed by atoms with van der Waals surface area (Å²) in [6.45, 7) is 0. The van der Waals surface area contributed by atoms with E-state index in [-0.39, 0.29) is 0 Å². The van der Waals surface area contributed by atoms with Crippen LogP contribution in [0.5, 0.6) is 0 Å². The molecule has 0 saturated heterocycles. The largest absolute Gasteiger partial charge is 0.454 e. The molecule has 0 aliphatic carbocycles. The van der Waals surface area contributed by atoms with E-state index >= 15 is 0 Å². The zero-order valence-electron chi connectivity index (χ0n) is 26.6. The maximum Gasteiger partial charge on any atom is 0.159 e. The van der Waals surface area contributed by atoms with Crippen LogP contribution in [0.2, 0.25) is 0 Å². The van der Waals surface area contributed by atoms with E-state index in [1.54, 1.807) is 0 Å². The molecule has 7 aromatic carbocycles. The smallest absolute Gasteiger partial charge is 0.159 e. The van der Waals surface area contributed by atoms with Crippen LogP contribution in [0.1, 0.15) is 11.1 Å². The van der Waals surface area contributed by atoms with Gasteiger partial charge in [0.25, 0.3) is 0 Å². The predicted molar refractivity (Wildman–Crippen MR) is 205 cm³/mol. The van der Waals surface area contributed by atoms with Crippen LogP contribution < -0.4 is 5.32 Å². The van der Waals surface area contributed by atoms with E-state index in [0.29, 0.717) is 5.71 Å². The van der Waals surface area contributed by atoms with Crippen molar-refractivity contribution < 1.29 is 4.42 Å². The molecule has 2 N–H and O–H groups in total. The van der Waals surface area contributed by atoms with Crippen molar-refractivity contribution >= 4 is 60.8 Å². The summed E-state index contributed by atoms with van der Waals surface area (Å²) in [6, 6.07) is 58.3. The van der Waals surface area contributed by atoms with Crippen molar-refractivity contribution in [1.29, 1.82) is 5.41 Å². The molecule has 2 heterocycles. The van der Waals surface area contributed by atoms with Gasteiger partial charge in [0.1, 0.15) is 5.58 Å². The number of benzene rings is 7.